The van der Waals surface area contributed by atoms with Crippen molar-refractivity contribution in [3.63, 3.8) is 0 Å². The average Bonchev–Trinajstić information content (AvgIpc) is 2.76. The minimum absolute atomic E-state index is 0.292. The van der Waals surface area contributed by atoms with Crippen LogP contribution in [0.4, 0.5) is 0 Å². The van der Waals surface area contributed by atoms with Gasteiger partial charge in [-0.15, -0.1) is 0 Å². The van der Waals surface area contributed by atoms with Crippen molar-refractivity contribution in [3.05, 3.63) is 47.5 Å². The molecular weight excluding hydrogens is 360 g/mol. The molecule has 0 aliphatic rings. The van der Waals surface area contributed by atoms with E-state index in [1.54, 1.807) is 6.92 Å². The second kappa shape index (κ2) is 13.0. The smallest absolute Gasteiger partial charge is 0.135 e. The Morgan fingerprint density at radius 3 is 1.90 bits per heavy atom. The maximum atomic E-state index is 9.41. The van der Waals surface area contributed by atoms with Gasteiger partial charge in [-0.2, -0.15) is 0 Å². The summed E-state index contributed by atoms with van der Waals surface area (Å²) in [5.41, 5.74) is 2.69. The van der Waals surface area contributed by atoms with Gasteiger partial charge in [0.25, 0.3) is 0 Å². The number of unbranched alkanes of at least 4 members (excludes halogenated alkanes) is 9. The third-order valence-electron chi connectivity index (χ3n) is 5.66. The fourth-order valence-corrected chi connectivity index (χ4v) is 3.96. The van der Waals surface area contributed by atoms with Gasteiger partial charge in [0.2, 0.25) is 0 Å². The van der Waals surface area contributed by atoms with Crippen molar-refractivity contribution < 1.29 is 10.4 Å². The van der Waals surface area contributed by atoms with Crippen LogP contribution in [-0.2, 0) is 6.42 Å². The number of fused-ring (bicyclic) bond motifs is 1. The van der Waals surface area contributed by atoms with E-state index >= 15 is 0 Å². The lowest BCUT2D eigenvalue weighted by Gasteiger charge is -2.12. The van der Waals surface area contributed by atoms with Crippen LogP contribution < -0.4 is 0 Å². The van der Waals surface area contributed by atoms with Gasteiger partial charge in [0.15, 0.2) is 0 Å². The molecule has 0 saturated carbocycles. The van der Waals surface area contributed by atoms with Gasteiger partial charge in [0, 0.05) is 5.56 Å². The fraction of sp³-hybridized carbons (Fsp3) is 0.520. The molecule has 0 amide bonds. The van der Waals surface area contributed by atoms with E-state index in [0.717, 1.165) is 17.4 Å². The molecule has 0 fully saturated rings. The van der Waals surface area contributed by atoms with E-state index in [-0.39, 0.29) is 0 Å². The Balaban J connectivity index is 1.92. The quantitative estimate of drug-likeness (QED) is 0.161. The largest absolute Gasteiger partial charge is 0.411 e. The highest BCUT2D eigenvalue weighted by atomic mass is 16.4. The van der Waals surface area contributed by atoms with Gasteiger partial charge in [-0.3, -0.25) is 0 Å². The lowest BCUT2D eigenvalue weighted by atomic mass is 9.93. The summed E-state index contributed by atoms with van der Waals surface area (Å²) >= 11 is 0. The number of rotatable bonds is 13. The van der Waals surface area contributed by atoms with Gasteiger partial charge < -0.3 is 10.4 Å². The van der Waals surface area contributed by atoms with E-state index in [1.807, 2.05) is 24.3 Å². The Hall–Kier alpha value is -2.36. The van der Waals surface area contributed by atoms with Gasteiger partial charge in [-0.05, 0) is 36.1 Å². The zero-order chi connectivity index (χ0) is 20.9. The van der Waals surface area contributed by atoms with Crippen molar-refractivity contribution in [2.45, 2.75) is 84.5 Å². The number of hydrogen-bond acceptors (Lipinski definition) is 4. The van der Waals surface area contributed by atoms with E-state index in [0.29, 0.717) is 11.4 Å². The highest BCUT2D eigenvalue weighted by Crippen LogP contribution is 2.25. The van der Waals surface area contributed by atoms with Crippen LogP contribution in [0.1, 0.15) is 89.2 Å². The topological polar surface area (TPSA) is 65.2 Å². The molecule has 0 radical (unpaired) electrons. The van der Waals surface area contributed by atoms with Gasteiger partial charge >= 0.3 is 0 Å². The van der Waals surface area contributed by atoms with Crippen LogP contribution in [-0.4, -0.2) is 21.8 Å². The second-order valence-electron chi connectivity index (χ2n) is 7.88. The van der Waals surface area contributed by atoms with Crippen molar-refractivity contribution in [1.82, 2.24) is 0 Å². The SMILES string of the molecule is CCCCCCCCCCCCc1ccc(C(=N/O)/C(C)=N/O)c2ccccc12. The normalized spacial score (nSPS) is 12.6. The van der Waals surface area contributed by atoms with Crippen LogP contribution in [0.5, 0.6) is 0 Å². The highest BCUT2D eigenvalue weighted by molar-refractivity contribution is 6.49. The minimum atomic E-state index is 0.292. The fourth-order valence-electron chi connectivity index (χ4n) is 3.96. The average molecular weight is 397 g/mol. The minimum Gasteiger partial charge on any atom is -0.411 e. The lowest BCUT2D eigenvalue weighted by molar-refractivity contribution is 0.314. The Labute approximate surface area is 175 Å². The first-order chi connectivity index (χ1) is 14.2. The van der Waals surface area contributed by atoms with Crippen LogP contribution in [0, 0.1) is 0 Å². The van der Waals surface area contributed by atoms with Crippen molar-refractivity contribution >= 4 is 22.2 Å². The summed E-state index contributed by atoms with van der Waals surface area (Å²) in [7, 11) is 0. The first-order valence-electron chi connectivity index (χ1n) is 11.1. The first-order valence-corrected chi connectivity index (χ1v) is 11.1. The zero-order valence-electron chi connectivity index (χ0n) is 18.0. The molecule has 158 valence electrons. The molecule has 0 unspecified atom stereocenters. The Morgan fingerprint density at radius 2 is 1.31 bits per heavy atom. The maximum absolute atomic E-state index is 9.41. The number of benzene rings is 2. The van der Waals surface area contributed by atoms with Crippen molar-refractivity contribution in [2.24, 2.45) is 10.3 Å². The molecule has 2 rings (SSSR count). The molecule has 2 N–H and O–H groups in total. The van der Waals surface area contributed by atoms with Crippen LogP contribution >= 0.6 is 0 Å². The molecule has 0 aromatic heterocycles. The number of oxime groups is 2. The van der Waals surface area contributed by atoms with Crippen LogP contribution in [0.25, 0.3) is 10.8 Å². The summed E-state index contributed by atoms with van der Waals surface area (Å²) in [6, 6.07) is 12.2. The summed E-state index contributed by atoms with van der Waals surface area (Å²) < 4.78 is 0. The molecule has 29 heavy (non-hydrogen) atoms. The monoisotopic (exact) mass is 396 g/mol. The highest BCUT2D eigenvalue weighted by Gasteiger charge is 2.14. The predicted molar refractivity (Wildman–Crippen MR) is 123 cm³/mol. The molecule has 0 bridgehead atoms. The molecule has 4 nitrogen and oxygen atoms in total. The Kier molecular flexibility index (Phi) is 10.3. The van der Waals surface area contributed by atoms with Crippen molar-refractivity contribution in [1.29, 1.82) is 0 Å². The van der Waals surface area contributed by atoms with E-state index in [1.165, 1.54) is 75.2 Å². The van der Waals surface area contributed by atoms with Gasteiger partial charge in [-0.25, -0.2) is 0 Å². The lowest BCUT2D eigenvalue weighted by Crippen LogP contribution is -2.13. The molecule has 0 atom stereocenters. The number of aryl methyl sites for hydroxylation is 1. The zero-order valence-corrected chi connectivity index (χ0v) is 18.0. The molecule has 0 heterocycles. The first kappa shape index (κ1) is 22.9. The maximum Gasteiger partial charge on any atom is 0.135 e. The summed E-state index contributed by atoms with van der Waals surface area (Å²) in [5.74, 6) is 0. The molecular formula is C25H36N2O2. The second-order valence-corrected chi connectivity index (χ2v) is 7.88. The molecule has 2 aromatic carbocycles. The van der Waals surface area contributed by atoms with E-state index < -0.39 is 0 Å². The molecule has 4 heteroatoms. The Morgan fingerprint density at radius 1 is 0.724 bits per heavy atom. The van der Waals surface area contributed by atoms with Gasteiger partial charge in [0.05, 0.1) is 0 Å². The standard InChI is InChI=1S/C25H36N2O2/c1-3-4-5-6-7-8-9-10-11-12-15-21-18-19-24(25(27-29)20(2)26-28)23-17-14-13-16-22(21)23/h13-14,16-19,28-29H,3-12,15H2,1-2H3/b26-20+,27-25+. The summed E-state index contributed by atoms with van der Waals surface area (Å²) in [6.45, 7) is 3.89. The van der Waals surface area contributed by atoms with Crippen LogP contribution in [0.3, 0.4) is 0 Å². The molecule has 2 aromatic rings. The molecule has 0 aliphatic heterocycles. The summed E-state index contributed by atoms with van der Waals surface area (Å²) in [5, 5.41) is 27.2. The van der Waals surface area contributed by atoms with E-state index in [2.05, 4.69) is 29.4 Å². The van der Waals surface area contributed by atoms with Crippen molar-refractivity contribution in [2.75, 3.05) is 0 Å². The summed E-state index contributed by atoms with van der Waals surface area (Å²) in [4.78, 5) is 0. The predicted octanol–water partition coefficient (Wildman–Crippen LogP) is 7.33. The molecule has 0 spiro atoms. The van der Waals surface area contributed by atoms with E-state index in [9.17, 15) is 5.21 Å². The molecule has 0 saturated heterocycles. The third-order valence-corrected chi connectivity index (χ3v) is 5.66. The van der Waals surface area contributed by atoms with Crippen LogP contribution in [0.15, 0.2) is 46.7 Å². The van der Waals surface area contributed by atoms with Crippen molar-refractivity contribution in [3.8, 4) is 0 Å². The Bertz CT molecular complexity index is 812. The van der Waals surface area contributed by atoms with Gasteiger partial charge in [-0.1, -0.05) is 111 Å². The van der Waals surface area contributed by atoms with Gasteiger partial charge in [0.1, 0.15) is 11.4 Å². The summed E-state index contributed by atoms with van der Waals surface area (Å²) in [6.07, 6.45) is 14.4. The number of hydrogen-bond donors (Lipinski definition) is 2. The van der Waals surface area contributed by atoms with Crippen LogP contribution in [0.2, 0.25) is 0 Å². The third kappa shape index (κ3) is 6.88. The molecule has 0 aliphatic carbocycles. The van der Waals surface area contributed by atoms with E-state index in [4.69, 9.17) is 5.21 Å². The number of nitrogens with zero attached hydrogens (tertiary/aromatic N) is 2.